The maximum atomic E-state index is 10.5. The van der Waals surface area contributed by atoms with E-state index in [-0.39, 0.29) is 17.3 Å². The van der Waals surface area contributed by atoms with Gasteiger partial charge in [0.1, 0.15) is 0 Å². The topological polar surface area (TPSA) is 99.4 Å². The summed E-state index contributed by atoms with van der Waals surface area (Å²) >= 11 is 0. The zero-order valence-electron chi connectivity index (χ0n) is 17.1. The van der Waals surface area contributed by atoms with Gasteiger partial charge in [-0.25, -0.2) is 0 Å². The molecule has 29 heavy (non-hydrogen) atoms. The van der Waals surface area contributed by atoms with Crippen LogP contribution in [-0.4, -0.2) is 51.5 Å². The molecule has 4 atom stereocenters. The lowest BCUT2D eigenvalue weighted by atomic mass is 9.58. The predicted molar refractivity (Wildman–Crippen MR) is 106 cm³/mol. The maximum absolute atomic E-state index is 10.5. The molecule has 5 aliphatic rings. The summed E-state index contributed by atoms with van der Waals surface area (Å²) in [6.45, 7) is 3.83. The van der Waals surface area contributed by atoms with Crippen LogP contribution in [-0.2, 0) is 9.47 Å². The number of fused-ring (bicyclic) bond motifs is 4. The minimum Gasteiger partial charge on any atom is -0.393 e. The van der Waals surface area contributed by atoms with Gasteiger partial charge < -0.3 is 29.9 Å². The molecule has 5 rings (SSSR count). The van der Waals surface area contributed by atoms with Crippen molar-refractivity contribution >= 4 is 0 Å². The van der Waals surface area contributed by atoms with Crippen LogP contribution in [0, 0.1) is 29.6 Å². The summed E-state index contributed by atoms with van der Waals surface area (Å²) in [5, 5.41) is 33.6. The fourth-order valence-corrected chi connectivity index (χ4v) is 6.27. The highest BCUT2D eigenvalue weighted by molar-refractivity contribution is 5.44. The normalized spacial score (nSPS) is 37.7. The number of aliphatic hydroxyl groups excluding tert-OH is 1. The molecule has 6 nitrogen and oxygen atoms in total. The first-order chi connectivity index (χ1) is 13.7. The van der Waals surface area contributed by atoms with Crippen molar-refractivity contribution < 1.29 is 29.9 Å². The number of ether oxygens (including phenoxy) is 2. The Morgan fingerprint density at radius 1 is 1.14 bits per heavy atom. The second-order valence-corrected chi connectivity index (χ2v) is 9.36. The highest BCUT2D eigenvalue weighted by Crippen LogP contribution is 2.59. The molecular weight excluding hydrogens is 372 g/mol. The smallest absolute Gasteiger partial charge is 0.345 e. The molecule has 4 aliphatic carbocycles. The SMILES string of the molecule is C#CC(O)(O)O.CC12CC=C3C4=C(CCC3C1CCC2O)CC1(CC4)OCCO1. The van der Waals surface area contributed by atoms with Gasteiger partial charge in [-0.1, -0.05) is 18.6 Å². The van der Waals surface area contributed by atoms with E-state index < -0.39 is 5.97 Å². The summed E-state index contributed by atoms with van der Waals surface area (Å²) in [5.74, 6) is -0.586. The van der Waals surface area contributed by atoms with Crippen LogP contribution in [0.25, 0.3) is 0 Å². The van der Waals surface area contributed by atoms with Gasteiger partial charge in [-0.15, -0.1) is 6.42 Å². The Bertz CT molecular complexity index is 748. The van der Waals surface area contributed by atoms with E-state index in [0.717, 1.165) is 45.3 Å². The number of aliphatic hydroxyl groups is 4. The molecule has 1 saturated carbocycles. The molecule has 1 saturated heterocycles. The Morgan fingerprint density at radius 2 is 1.83 bits per heavy atom. The molecule has 0 bridgehead atoms. The molecule has 4 unspecified atom stereocenters. The molecule has 1 aliphatic heterocycles. The maximum Gasteiger partial charge on any atom is 0.345 e. The summed E-state index contributed by atoms with van der Waals surface area (Å²) in [6.07, 6.45) is 15.5. The van der Waals surface area contributed by atoms with Crippen molar-refractivity contribution in [1.29, 1.82) is 0 Å². The van der Waals surface area contributed by atoms with E-state index in [1.54, 1.807) is 16.7 Å². The summed E-state index contributed by atoms with van der Waals surface area (Å²) in [7, 11) is 0. The molecule has 6 heteroatoms. The third-order valence-electron chi connectivity index (χ3n) is 7.78. The minimum atomic E-state index is -2.93. The van der Waals surface area contributed by atoms with E-state index in [1.165, 1.54) is 25.2 Å². The molecule has 160 valence electrons. The van der Waals surface area contributed by atoms with Crippen LogP contribution in [0.4, 0.5) is 0 Å². The quantitative estimate of drug-likeness (QED) is 0.364. The third-order valence-corrected chi connectivity index (χ3v) is 7.78. The van der Waals surface area contributed by atoms with Crippen LogP contribution < -0.4 is 0 Å². The summed E-state index contributed by atoms with van der Waals surface area (Å²) < 4.78 is 11.9. The molecule has 0 radical (unpaired) electrons. The second-order valence-electron chi connectivity index (χ2n) is 9.36. The highest BCUT2D eigenvalue weighted by Gasteiger charge is 2.53. The molecular formula is C23H32O6. The number of rotatable bonds is 0. The monoisotopic (exact) mass is 404 g/mol. The first-order valence-electron chi connectivity index (χ1n) is 10.7. The Kier molecular flexibility index (Phi) is 5.44. The van der Waals surface area contributed by atoms with Crippen molar-refractivity contribution in [2.24, 2.45) is 17.3 Å². The summed E-state index contributed by atoms with van der Waals surface area (Å²) in [6, 6.07) is 0. The van der Waals surface area contributed by atoms with Gasteiger partial charge in [0.15, 0.2) is 5.79 Å². The van der Waals surface area contributed by atoms with E-state index in [9.17, 15) is 5.11 Å². The minimum absolute atomic E-state index is 0.101. The average Bonchev–Trinajstić information content (AvgIpc) is 3.26. The fourth-order valence-electron chi connectivity index (χ4n) is 6.27. The van der Waals surface area contributed by atoms with E-state index >= 15 is 0 Å². The lowest BCUT2D eigenvalue weighted by Crippen LogP contribution is -2.42. The molecule has 4 N–H and O–H groups in total. The van der Waals surface area contributed by atoms with Crippen LogP contribution in [0.1, 0.15) is 58.3 Å². The Balaban J connectivity index is 0.000000302. The van der Waals surface area contributed by atoms with Crippen LogP contribution in [0.15, 0.2) is 22.8 Å². The number of hydrogen-bond acceptors (Lipinski definition) is 6. The second kappa shape index (κ2) is 7.49. The van der Waals surface area contributed by atoms with E-state index in [4.69, 9.17) is 24.8 Å². The third kappa shape index (κ3) is 3.81. The zero-order valence-corrected chi connectivity index (χ0v) is 17.1. The lowest BCUT2D eigenvalue weighted by Gasteiger charge is -2.48. The van der Waals surface area contributed by atoms with Gasteiger partial charge in [0.05, 0.1) is 19.3 Å². The molecule has 2 fully saturated rings. The summed E-state index contributed by atoms with van der Waals surface area (Å²) in [4.78, 5) is 0. The van der Waals surface area contributed by atoms with Gasteiger partial charge in [0.25, 0.3) is 0 Å². The van der Waals surface area contributed by atoms with Crippen molar-refractivity contribution in [2.45, 2.75) is 76.2 Å². The molecule has 1 heterocycles. The zero-order chi connectivity index (χ0) is 20.9. The van der Waals surface area contributed by atoms with Crippen molar-refractivity contribution in [1.82, 2.24) is 0 Å². The first kappa shape index (κ1) is 21.0. The van der Waals surface area contributed by atoms with E-state index in [0.29, 0.717) is 11.8 Å². The predicted octanol–water partition coefficient (Wildman–Crippen LogP) is 1.98. The largest absolute Gasteiger partial charge is 0.393 e. The van der Waals surface area contributed by atoms with E-state index in [2.05, 4.69) is 19.4 Å². The van der Waals surface area contributed by atoms with Gasteiger partial charge in [0.2, 0.25) is 0 Å². The molecule has 0 aromatic rings. The fraction of sp³-hybridized carbons (Fsp3) is 0.739. The highest BCUT2D eigenvalue weighted by atomic mass is 16.7. The van der Waals surface area contributed by atoms with Gasteiger partial charge in [0, 0.05) is 18.3 Å². The van der Waals surface area contributed by atoms with Gasteiger partial charge in [-0.05, 0) is 67.4 Å². The van der Waals surface area contributed by atoms with Crippen molar-refractivity contribution in [2.75, 3.05) is 13.2 Å². The number of allylic oxidation sites excluding steroid dienone is 3. The van der Waals surface area contributed by atoms with Crippen molar-refractivity contribution in [3.8, 4) is 12.3 Å². The lowest BCUT2D eigenvalue weighted by molar-refractivity contribution is -0.265. The van der Waals surface area contributed by atoms with Crippen LogP contribution in [0.3, 0.4) is 0 Å². The average molecular weight is 405 g/mol. The van der Waals surface area contributed by atoms with Gasteiger partial charge in [-0.2, -0.15) is 0 Å². The number of terminal acetylenes is 1. The Morgan fingerprint density at radius 3 is 2.48 bits per heavy atom. The summed E-state index contributed by atoms with van der Waals surface area (Å²) in [5.41, 5.74) is 4.99. The van der Waals surface area contributed by atoms with E-state index in [1.807, 2.05) is 0 Å². The standard InChI is InChI=1S/C20H28O3.C3H4O3/c1-19-8-6-15-14-7-9-20(22-10-11-23-20)12-13(14)2-3-16(15)17(19)4-5-18(19)21;1-2-3(4,5)6/h6,16-18,21H,2-5,7-12H2,1H3;1,4-6H. The van der Waals surface area contributed by atoms with Crippen molar-refractivity contribution in [3.63, 3.8) is 0 Å². The van der Waals surface area contributed by atoms with Gasteiger partial charge >= 0.3 is 5.97 Å². The molecule has 1 spiro atoms. The molecule has 0 aromatic heterocycles. The van der Waals surface area contributed by atoms with Gasteiger partial charge in [-0.3, -0.25) is 0 Å². The van der Waals surface area contributed by atoms with Crippen LogP contribution in [0.5, 0.6) is 0 Å². The van der Waals surface area contributed by atoms with Crippen LogP contribution >= 0.6 is 0 Å². The number of hydrogen-bond donors (Lipinski definition) is 4. The van der Waals surface area contributed by atoms with Crippen LogP contribution in [0.2, 0.25) is 0 Å². The Labute approximate surface area is 172 Å². The first-order valence-corrected chi connectivity index (χ1v) is 10.7. The molecule has 0 aromatic carbocycles. The van der Waals surface area contributed by atoms with Crippen molar-refractivity contribution in [3.05, 3.63) is 22.8 Å². The Hall–Kier alpha value is -1.20. The molecule has 0 amide bonds.